The van der Waals surface area contributed by atoms with Crippen LogP contribution in [0.4, 0.5) is 0 Å². The second-order valence-electron chi connectivity index (χ2n) is 14.3. The van der Waals surface area contributed by atoms with E-state index in [1.807, 2.05) is 18.2 Å². The summed E-state index contributed by atoms with van der Waals surface area (Å²) in [7, 11) is 0. The molecule has 2 heteroatoms. The van der Waals surface area contributed by atoms with E-state index in [0.717, 1.165) is 49.4 Å². The molecule has 0 unspecified atom stereocenters. The molecule has 0 aliphatic rings. The minimum atomic E-state index is 0.860. The van der Waals surface area contributed by atoms with Gasteiger partial charge in [0, 0.05) is 32.7 Å². The van der Waals surface area contributed by atoms with Gasteiger partial charge in [0.25, 0.3) is 0 Å². The van der Waals surface area contributed by atoms with Crippen LogP contribution in [0.2, 0.25) is 0 Å². The molecule has 0 saturated heterocycles. The summed E-state index contributed by atoms with van der Waals surface area (Å²) >= 11 is 0. The van der Waals surface area contributed by atoms with E-state index in [0.29, 0.717) is 0 Å². The molecule has 0 saturated carbocycles. The summed E-state index contributed by atoms with van der Waals surface area (Å²) < 4.78 is 13.2. The number of rotatable bonds is 3. The third-order valence-corrected chi connectivity index (χ3v) is 11.5. The molecular weight excluding hydrogens is 657 g/mol. The quantitative estimate of drug-likeness (QED) is 0.137. The number of fused-ring (bicyclic) bond motifs is 12. The monoisotopic (exact) mass is 686 g/mol. The first kappa shape index (κ1) is 29.4. The molecule has 0 N–H and O–H groups in total. The first-order chi connectivity index (χ1) is 26.8. The molecule has 0 radical (unpaired) electrons. The molecule has 12 rings (SSSR count). The average Bonchev–Trinajstić information content (AvgIpc) is 3.81. The first-order valence-corrected chi connectivity index (χ1v) is 18.5. The average molecular weight is 687 g/mol. The van der Waals surface area contributed by atoms with Gasteiger partial charge < -0.3 is 8.83 Å². The molecule has 0 aliphatic carbocycles. The van der Waals surface area contributed by atoms with E-state index in [9.17, 15) is 0 Å². The lowest BCUT2D eigenvalue weighted by Gasteiger charge is -2.20. The lowest BCUT2D eigenvalue weighted by Crippen LogP contribution is -1.93. The van der Waals surface area contributed by atoms with E-state index in [1.54, 1.807) is 0 Å². The van der Waals surface area contributed by atoms with Crippen molar-refractivity contribution in [2.45, 2.75) is 0 Å². The summed E-state index contributed by atoms with van der Waals surface area (Å²) in [6, 6.07) is 65.6. The number of hydrogen-bond acceptors (Lipinski definition) is 2. The molecule has 0 aliphatic heterocycles. The van der Waals surface area contributed by atoms with Crippen molar-refractivity contribution < 1.29 is 8.83 Å². The van der Waals surface area contributed by atoms with Crippen LogP contribution in [0.3, 0.4) is 0 Å². The van der Waals surface area contributed by atoms with Crippen LogP contribution in [-0.4, -0.2) is 0 Å². The molecular formula is C52H30O2. The SMILES string of the molecule is c1ccc(-c2cccc3c2cc(-c2c4ccccc4c(-c4cccc5c4oc4ccc6oc7ccccc7c6c45)c4ccccc24)c2ccccc23)cc1. The summed E-state index contributed by atoms with van der Waals surface area (Å²) in [5, 5.41) is 14.2. The van der Waals surface area contributed by atoms with E-state index in [4.69, 9.17) is 8.83 Å². The van der Waals surface area contributed by atoms with Gasteiger partial charge in [-0.2, -0.15) is 0 Å². The maximum atomic E-state index is 6.90. The Morgan fingerprint density at radius 3 is 1.44 bits per heavy atom. The number of furan rings is 2. The third kappa shape index (κ3) is 4.05. The third-order valence-electron chi connectivity index (χ3n) is 11.5. The van der Waals surface area contributed by atoms with Gasteiger partial charge in [0.15, 0.2) is 0 Å². The van der Waals surface area contributed by atoms with Gasteiger partial charge in [0.05, 0.1) is 0 Å². The molecule has 54 heavy (non-hydrogen) atoms. The minimum Gasteiger partial charge on any atom is -0.456 e. The highest BCUT2D eigenvalue weighted by Crippen LogP contribution is 2.50. The van der Waals surface area contributed by atoms with Crippen LogP contribution in [-0.2, 0) is 0 Å². The van der Waals surface area contributed by atoms with Crippen LogP contribution in [0, 0.1) is 0 Å². The standard InChI is InChI=1S/C52H30O2/c1-2-14-31(15-3-1)32-23-12-24-34-33-16-4-5-17-35(33)44(30-43(32)34)49-38-20-8-6-18-36(38)48(37-19-7-9-21-39(37)49)41-25-13-26-42-51-47(54-52(41)42)29-28-46-50(51)40-22-10-11-27-45(40)53-46/h1-30H. The summed E-state index contributed by atoms with van der Waals surface area (Å²) in [5.74, 6) is 0. The lowest BCUT2D eigenvalue weighted by molar-refractivity contribution is 0.663. The van der Waals surface area contributed by atoms with E-state index >= 15 is 0 Å². The smallest absolute Gasteiger partial charge is 0.143 e. The van der Waals surface area contributed by atoms with Crippen molar-refractivity contribution in [2.75, 3.05) is 0 Å². The van der Waals surface area contributed by atoms with Crippen molar-refractivity contribution in [3.63, 3.8) is 0 Å². The molecule has 0 amide bonds. The fourth-order valence-electron chi connectivity index (χ4n) is 9.22. The Hall–Kier alpha value is -7.16. The van der Waals surface area contributed by atoms with E-state index in [-0.39, 0.29) is 0 Å². The van der Waals surface area contributed by atoms with Crippen molar-refractivity contribution in [1.29, 1.82) is 0 Å². The summed E-state index contributed by atoms with van der Waals surface area (Å²) in [4.78, 5) is 0. The van der Waals surface area contributed by atoms with Crippen molar-refractivity contribution in [3.8, 4) is 33.4 Å². The van der Waals surface area contributed by atoms with Gasteiger partial charge in [0.2, 0.25) is 0 Å². The first-order valence-electron chi connectivity index (χ1n) is 18.5. The predicted molar refractivity (Wildman–Crippen MR) is 227 cm³/mol. The van der Waals surface area contributed by atoms with Crippen LogP contribution < -0.4 is 0 Å². The largest absolute Gasteiger partial charge is 0.456 e. The molecule has 0 atom stereocenters. The van der Waals surface area contributed by atoms with E-state index in [2.05, 4.69) is 164 Å². The Morgan fingerprint density at radius 1 is 0.259 bits per heavy atom. The molecule has 2 nitrogen and oxygen atoms in total. The minimum absolute atomic E-state index is 0.860. The van der Waals surface area contributed by atoms with Crippen molar-refractivity contribution >= 4 is 87.0 Å². The molecule has 12 aromatic rings. The van der Waals surface area contributed by atoms with Gasteiger partial charge in [-0.25, -0.2) is 0 Å². The van der Waals surface area contributed by atoms with Crippen LogP contribution in [0.5, 0.6) is 0 Å². The molecule has 0 spiro atoms. The zero-order valence-corrected chi connectivity index (χ0v) is 29.1. The van der Waals surface area contributed by atoms with Crippen LogP contribution in [0.1, 0.15) is 0 Å². The van der Waals surface area contributed by atoms with Gasteiger partial charge >= 0.3 is 0 Å². The lowest BCUT2D eigenvalue weighted by atomic mass is 9.83. The Labute approximate surface area is 310 Å². The summed E-state index contributed by atoms with van der Waals surface area (Å²) in [5.41, 5.74) is 10.7. The molecule has 250 valence electrons. The molecule has 2 heterocycles. The number of hydrogen-bond donors (Lipinski definition) is 0. The molecule has 0 bridgehead atoms. The topological polar surface area (TPSA) is 26.3 Å². The van der Waals surface area contributed by atoms with Crippen molar-refractivity contribution in [3.05, 3.63) is 182 Å². The molecule has 2 aromatic heterocycles. The highest BCUT2D eigenvalue weighted by Gasteiger charge is 2.23. The number of para-hydroxylation sites is 2. The predicted octanol–water partition coefficient (Wildman–Crippen LogP) is 15.1. The zero-order chi connectivity index (χ0) is 35.3. The maximum Gasteiger partial charge on any atom is 0.143 e. The van der Waals surface area contributed by atoms with E-state index in [1.165, 1.54) is 70.9 Å². The summed E-state index contributed by atoms with van der Waals surface area (Å²) in [6.45, 7) is 0. The van der Waals surface area contributed by atoms with Gasteiger partial charge in [0.1, 0.15) is 22.3 Å². The molecule has 0 fully saturated rings. The number of benzene rings is 10. The zero-order valence-electron chi connectivity index (χ0n) is 29.1. The highest BCUT2D eigenvalue weighted by molar-refractivity contribution is 6.30. The van der Waals surface area contributed by atoms with Crippen molar-refractivity contribution in [2.24, 2.45) is 0 Å². The summed E-state index contributed by atoms with van der Waals surface area (Å²) in [6.07, 6.45) is 0. The maximum absolute atomic E-state index is 6.90. The van der Waals surface area contributed by atoms with Crippen LogP contribution >= 0.6 is 0 Å². The van der Waals surface area contributed by atoms with Crippen LogP contribution in [0.15, 0.2) is 191 Å². The second-order valence-corrected chi connectivity index (χ2v) is 14.3. The van der Waals surface area contributed by atoms with Gasteiger partial charge in [-0.15, -0.1) is 0 Å². The Kier molecular flexibility index (Phi) is 6.09. The van der Waals surface area contributed by atoms with Crippen LogP contribution in [0.25, 0.3) is 120 Å². The Bertz CT molecular complexity index is 3430. The fraction of sp³-hybridized carbons (Fsp3) is 0. The highest BCUT2D eigenvalue weighted by atomic mass is 16.3. The fourth-order valence-corrected chi connectivity index (χ4v) is 9.22. The Morgan fingerprint density at radius 2 is 0.741 bits per heavy atom. The normalized spacial score (nSPS) is 12.1. The van der Waals surface area contributed by atoms with Gasteiger partial charge in [-0.05, 0) is 89.6 Å². The van der Waals surface area contributed by atoms with Gasteiger partial charge in [-0.1, -0.05) is 158 Å². The molecule has 10 aromatic carbocycles. The van der Waals surface area contributed by atoms with E-state index < -0.39 is 0 Å². The Balaban J connectivity index is 1.21. The van der Waals surface area contributed by atoms with Crippen molar-refractivity contribution in [1.82, 2.24) is 0 Å². The van der Waals surface area contributed by atoms with Gasteiger partial charge in [-0.3, -0.25) is 0 Å². The second kappa shape index (κ2) is 11.2.